The number of nitrogens with zero attached hydrogens (tertiary/aromatic N) is 1. The fourth-order valence-corrected chi connectivity index (χ4v) is 5.75. The number of ether oxygens (including phenoxy) is 1. The van der Waals surface area contributed by atoms with Gasteiger partial charge in [-0.25, -0.2) is 18.1 Å². The second-order valence-corrected chi connectivity index (χ2v) is 10.2. The van der Waals surface area contributed by atoms with Crippen LogP contribution in [0.1, 0.15) is 36.0 Å². The maximum atomic E-state index is 13.0. The number of sulfonamides is 1. The first kappa shape index (κ1) is 23.1. The third-order valence-corrected chi connectivity index (χ3v) is 7.62. The number of benzene rings is 3. The monoisotopic (exact) mass is 491 g/mol. The lowest BCUT2D eigenvalue weighted by Crippen LogP contribution is -2.33. The number of oxazole rings is 1. The topological polar surface area (TPSA) is 111 Å². The van der Waals surface area contributed by atoms with Crippen molar-refractivity contribution in [2.24, 2.45) is 0 Å². The van der Waals surface area contributed by atoms with Gasteiger partial charge in [0.15, 0.2) is 5.58 Å². The molecule has 4 aromatic rings. The van der Waals surface area contributed by atoms with Crippen LogP contribution in [0.25, 0.3) is 22.6 Å². The maximum absolute atomic E-state index is 13.0. The van der Waals surface area contributed by atoms with Crippen molar-refractivity contribution >= 4 is 32.7 Å². The quantitative estimate of drug-likeness (QED) is 0.377. The van der Waals surface area contributed by atoms with Crippen molar-refractivity contribution < 1.29 is 22.4 Å². The van der Waals surface area contributed by atoms with E-state index in [1.807, 2.05) is 24.3 Å². The molecule has 0 atom stereocenters. The van der Waals surface area contributed by atoms with Crippen molar-refractivity contribution in [3.05, 3.63) is 72.3 Å². The lowest BCUT2D eigenvalue weighted by molar-refractivity contribution is 0.102. The fourth-order valence-electron chi connectivity index (χ4n) is 4.25. The molecule has 0 unspecified atom stereocenters. The Hall–Kier alpha value is -3.69. The number of carbonyl (C=O) groups is 1. The van der Waals surface area contributed by atoms with E-state index in [4.69, 9.17) is 9.15 Å². The lowest BCUT2D eigenvalue weighted by atomic mass is 10.1. The van der Waals surface area contributed by atoms with Crippen LogP contribution in [0.2, 0.25) is 0 Å². The number of methoxy groups -OCH3 is 1. The van der Waals surface area contributed by atoms with Crippen molar-refractivity contribution in [3.63, 3.8) is 0 Å². The molecule has 1 aromatic heterocycles. The number of hydrogen-bond acceptors (Lipinski definition) is 6. The standard InChI is InChI=1S/C26H25N3O5S/c1-33-23-15-12-18(16-24(23)35(31,32)29-20-6-2-3-7-20)25(30)27-19-13-10-17(11-14-19)26-28-21-8-4-5-9-22(21)34-26/h4-5,8-16,20,29H,2-3,6-7H2,1H3,(H,27,30). The predicted octanol–water partition coefficient (Wildman–Crippen LogP) is 4.98. The molecule has 1 aliphatic rings. The predicted molar refractivity (Wildman–Crippen MR) is 133 cm³/mol. The molecule has 1 amide bonds. The highest BCUT2D eigenvalue weighted by Crippen LogP contribution is 2.28. The van der Waals surface area contributed by atoms with Crippen molar-refractivity contribution in [1.82, 2.24) is 9.71 Å². The van der Waals surface area contributed by atoms with Gasteiger partial charge in [0.2, 0.25) is 15.9 Å². The van der Waals surface area contributed by atoms with Crippen molar-refractivity contribution in [2.75, 3.05) is 12.4 Å². The Morgan fingerprint density at radius 3 is 2.49 bits per heavy atom. The number of carbonyl (C=O) groups excluding carboxylic acids is 1. The number of para-hydroxylation sites is 2. The number of hydrogen-bond donors (Lipinski definition) is 2. The molecule has 1 fully saturated rings. The minimum absolute atomic E-state index is 0.0501. The first-order valence-corrected chi connectivity index (χ1v) is 12.9. The van der Waals surface area contributed by atoms with Gasteiger partial charge in [-0.3, -0.25) is 4.79 Å². The molecular formula is C26H25N3O5S. The van der Waals surface area contributed by atoms with Gasteiger partial charge in [-0.05, 0) is 67.4 Å². The van der Waals surface area contributed by atoms with Gasteiger partial charge in [-0.2, -0.15) is 0 Å². The van der Waals surface area contributed by atoms with Crippen LogP contribution in [0.3, 0.4) is 0 Å². The molecular weight excluding hydrogens is 466 g/mol. The molecule has 180 valence electrons. The number of fused-ring (bicyclic) bond motifs is 1. The largest absolute Gasteiger partial charge is 0.495 e. The van der Waals surface area contributed by atoms with Crippen molar-refractivity contribution in [3.8, 4) is 17.2 Å². The van der Waals surface area contributed by atoms with Gasteiger partial charge in [-0.15, -0.1) is 0 Å². The molecule has 8 nitrogen and oxygen atoms in total. The van der Waals surface area contributed by atoms with E-state index >= 15 is 0 Å². The van der Waals surface area contributed by atoms with Crippen LogP contribution in [-0.2, 0) is 10.0 Å². The van der Waals surface area contributed by atoms with Gasteiger partial charge >= 0.3 is 0 Å². The molecule has 35 heavy (non-hydrogen) atoms. The van der Waals surface area contributed by atoms with Crippen LogP contribution in [-0.4, -0.2) is 32.5 Å². The smallest absolute Gasteiger partial charge is 0.255 e. The van der Waals surface area contributed by atoms with Crippen LogP contribution < -0.4 is 14.8 Å². The number of amides is 1. The Bertz CT molecular complexity index is 1440. The molecule has 0 aliphatic heterocycles. The summed E-state index contributed by atoms with van der Waals surface area (Å²) < 4.78 is 39.8. The summed E-state index contributed by atoms with van der Waals surface area (Å²) in [5, 5.41) is 2.81. The summed E-state index contributed by atoms with van der Waals surface area (Å²) in [6.07, 6.45) is 3.61. The average molecular weight is 492 g/mol. The van der Waals surface area contributed by atoms with Gasteiger partial charge in [0.25, 0.3) is 5.91 Å². The Kier molecular flexibility index (Phi) is 6.27. The fraction of sp³-hybridized carbons (Fsp3) is 0.231. The summed E-state index contributed by atoms with van der Waals surface area (Å²) in [5.41, 5.74) is 3.01. The van der Waals surface area contributed by atoms with E-state index in [-0.39, 0.29) is 22.3 Å². The van der Waals surface area contributed by atoms with Crippen LogP contribution in [0.15, 0.2) is 76.0 Å². The highest BCUT2D eigenvalue weighted by atomic mass is 32.2. The number of rotatable bonds is 7. The zero-order chi connectivity index (χ0) is 24.4. The number of anilines is 1. The molecule has 0 bridgehead atoms. The first-order valence-electron chi connectivity index (χ1n) is 11.4. The molecule has 1 saturated carbocycles. The van der Waals surface area contributed by atoms with Crippen LogP contribution in [0, 0.1) is 0 Å². The normalized spacial score (nSPS) is 14.3. The Morgan fingerprint density at radius 2 is 1.77 bits per heavy atom. The van der Waals surface area contributed by atoms with Gasteiger partial charge in [0.1, 0.15) is 16.2 Å². The highest BCUT2D eigenvalue weighted by Gasteiger charge is 2.26. The number of aromatic nitrogens is 1. The molecule has 1 heterocycles. The third kappa shape index (κ3) is 4.91. The molecule has 2 N–H and O–H groups in total. The van der Waals surface area contributed by atoms with E-state index in [2.05, 4.69) is 15.0 Å². The van der Waals surface area contributed by atoms with Gasteiger partial charge in [0, 0.05) is 22.9 Å². The molecule has 1 aliphatic carbocycles. The first-order chi connectivity index (χ1) is 16.9. The van der Waals surface area contributed by atoms with Crippen molar-refractivity contribution in [2.45, 2.75) is 36.6 Å². The average Bonchev–Trinajstić information content (AvgIpc) is 3.53. The Morgan fingerprint density at radius 1 is 1.03 bits per heavy atom. The van der Waals surface area contributed by atoms with E-state index in [9.17, 15) is 13.2 Å². The summed E-state index contributed by atoms with van der Waals surface area (Å²) in [4.78, 5) is 17.3. The third-order valence-electron chi connectivity index (χ3n) is 6.08. The van der Waals surface area contributed by atoms with Gasteiger partial charge in [0.05, 0.1) is 7.11 Å². The van der Waals surface area contributed by atoms with E-state index in [0.717, 1.165) is 36.8 Å². The summed E-state index contributed by atoms with van der Waals surface area (Å²) in [6.45, 7) is 0. The number of nitrogens with one attached hydrogen (secondary N) is 2. The summed E-state index contributed by atoms with van der Waals surface area (Å²) in [5.74, 6) is 0.248. The highest BCUT2D eigenvalue weighted by molar-refractivity contribution is 7.89. The molecule has 0 saturated heterocycles. The maximum Gasteiger partial charge on any atom is 0.255 e. The van der Waals surface area contributed by atoms with E-state index in [1.54, 1.807) is 24.3 Å². The second-order valence-electron chi connectivity index (χ2n) is 8.49. The molecule has 5 rings (SSSR count). The van der Waals surface area contributed by atoms with E-state index in [0.29, 0.717) is 17.2 Å². The summed E-state index contributed by atoms with van der Waals surface area (Å²) in [7, 11) is -2.43. The molecule has 0 spiro atoms. The van der Waals surface area contributed by atoms with Gasteiger partial charge in [-0.1, -0.05) is 25.0 Å². The zero-order valence-electron chi connectivity index (χ0n) is 19.2. The zero-order valence-corrected chi connectivity index (χ0v) is 20.0. The minimum atomic E-state index is -3.84. The Balaban J connectivity index is 1.34. The Labute approximate surface area is 203 Å². The van der Waals surface area contributed by atoms with Crippen LogP contribution in [0.5, 0.6) is 5.75 Å². The van der Waals surface area contributed by atoms with Crippen LogP contribution >= 0.6 is 0 Å². The van der Waals surface area contributed by atoms with E-state index < -0.39 is 15.9 Å². The van der Waals surface area contributed by atoms with Gasteiger partial charge < -0.3 is 14.5 Å². The SMILES string of the molecule is COc1ccc(C(=O)Nc2ccc(-c3nc4ccccc4o3)cc2)cc1S(=O)(=O)NC1CCCC1. The molecule has 9 heteroatoms. The molecule has 0 radical (unpaired) electrons. The second kappa shape index (κ2) is 9.52. The minimum Gasteiger partial charge on any atom is -0.495 e. The summed E-state index contributed by atoms with van der Waals surface area (Å²) in [6, 6.07) is 18.9. The lowest BCUT2D eigenvalue weighted by Gasteiger charge is -2.16. The van der Waals surface area contributed by atoms with Crippen LogP contribution in [0.4, 0.5) is 5.69 Å². The summed E-state index contributed by atoms with van der Waals surface area (Å²) >= 11 is 0. The molecule has 3 aromatic carbocycles. The van der Waals surface area contributed by atoms with Crippen molar-refractivity contribution in [1.29, 1.82) is 0 Å². The van der Waals surface area contributed by atoms with E-state index in [1.165, 1.54) is 25.3 Å².